The third-order valence-corrected chi connectivity index (χ3v) is 8.34. The summed E-state index contributed by atoms with van der Waals surface area (Å²) >= 11 is 0. The largest absolute Gasteiger partial charge is 0.647 e. The molecular weight excluding hydrogens is 491 g/mol. The first-order valence-corrected chi connectivity index (χ1v) is 13.7. The Morgan fingerprint density at radius 2 is 1.40 bits per heavy atom. The van der Waals surface area contributed by atoms with Crippen molar-refractivity contribution in [3.8, 4) is 17.3 Å². The maximum atomic E-state index is 7.20. The summed E-state index contributed by atoms with van der Waals surface area (Å²) < 4.78 is 14.1. The topological polar surface area (TPSA) is 35.9 Å². The van der Waals surface area contributed by atoms with Crippen molar-refractivity contribution in [1.82, 2.24) is 14.2 Å². The number of aryl methyl sites for hydroxylation is 2. The number of para-hydroxylation sites is 2. The van der Waals surface area contributed by atoms with E-state index < -0.39 is 6.48 Å². The average Bonchev–Trinajstić information content (AvgIpc) is 3.51. The number of fused-ring (bicyclic) bond motifs is 6. The van der Waals surface area contributed by atoms with Gasteiger partial charge in [-0.3, -0.25) is 4.59 Å². The van der Waals surface area contributed by atoms with Gasteiger partial charge in [0.25, 0.3) is 0 Å². The van der Waals surface area contributed by atoms with Gasteiger partial charge in [-0.25, -0.2) is 4.98 Å². The molecule has 1 aliphatic rings. The van der Waals surface area contributed by atoms with E-state index in [-0.39, 0.29) is 0 Å². The van der Waals surface area contributed by atoms with E-state index in [1.807, 2.05) is 18.3 Å². The van der Waals surface area contributed by atoms with Crippen molar-refractivity contribution < 1.29 is 9.25 Å². The lowest BCUT2D eigenvalue weighted by Gasteiger charge is -2.41. The molecule has 0 fully saturated rings. The Morgan fingerprint density at radius 1 is 0.675 bits per heavy atom. The number of hydrogen-bond acceptors (Lipinski definition) is 2. The van der Waals surface area contributed by atoms with Crippen molar-refractivity contribution in [1.29, 1.82) is 0 Å². The maximum absolute atomic E-state index is 7.20. The predicted octanol–water partition coefficient (Wildman–Crippen LogP) is 5.37. The molecule has 0 saturated carbocycles. The van der Waals surface area contributed by atoms with Crippen LogP contribution in [0.4, 0.5) is 0 Å². The van der Waals surface area contributed by atoms with Gasteiger partial charge >= 0.3 is 6.48 Å². The van der Waals surface area contributed by atoms with E-state index in [1.54, 1.807) is 0 Å². The minimum Gasteiger partial charge on any atom is -0.647 e. The van der Waals surface area contributed by atoms with Gasteiger partial charge in [-0.15, -0.1) is 0 Å². The highest BCUT2D eigenvalue weighted by Gasteiger charge is 2.52. The second kappa shape index (κ2) is 8.45. The van der Waals surface area contributed by atoms with Crippen LogP contribution in [0.2, 0.25) is 0 Å². The zero-order valence-electron chi connectivity index (χ0n) is 22.4. The van der Waals surface area contributed by atoms with Gasteiger partial charge in [-0.2, -0.15) is 4.68 Å². The average molecular weight is 518 g/mol. The van der Waals surface area contributed by atoms with E-state index in [9.17, 15) is 0 Å². The molecule has 0 aliphatic carbocycles. The SMILES string of the molecule is Cc1cc(C)[n+]2n1-c1ncccc1O[B-]2(c1ccccc1)c1ccc2c(c1)c1ccccc1n2-c1ccccc1. The first-order chi connectivity index (χ1) is 19.7. The number of pyridine rings is 1. The molecule has 0 N–H and O–H groups in total. The molecule has 8 rings (SSSR count). The van der Waals surface area contributed by atoms with Gasteiger partial charge in [-0.1, -0.05) is 89.8 Å². The van der Waals surface area contributed by atoms with Gasteiger partial charge in [0, 0.05) is 35.6 Å². The van der Waals surface area contributed by atoms with Crippen LogP contribution in [0.3, 0.4) is 0 Å². The van der Waals surface area contributed by atoms with Crippen molar-refractivity contribution in [2.24, 2.45) is 0 Å². The van der Waals surface area contributed by atoms with Gasteiger partial charge in [0.15, 0.2) is 5.69 Å². The summed E-state index contributed by atoms with van der Waals surface area (Å²) in [5.41, 5.74) is 7.94. The van der Waals surface area contributed by atoms with Crippen LogP contribution in [-0.4, -0.2) is 20.7 Å². The Bertz CT molecular complexity index is 2060. The molecule has 6 heteroatoms. The summed E-state index contributed by atoms with van der Waals surface area (Å²) in [5.74, 6) is 1.58. The van der Waals surface area contributed by atoms with Gasteiger partial charge in [0.1, 0.15) is 5.75 Å². The van der Waals surface area contributed by atoms with Crippen molar-refractivity contribution in [2.75, 3.05) is 0 Å². The lowest BCUT2D eigenvalue weighted by Crippen LogP contribution is -2.86. The molecule has 7 aromatic rings. The molecule has 0 radical (unpaired) electrons. The van der Waals surface area contributed by atoms with Crippen LogP contribution >= 0.6 is 0 Å². The number of hydrogen-bond donors (Lipinski definition) is 0. The molecule has 3 aromatic heterocycles. The maximum Gasteiger partial charge on any atom is 0.535 e. The molecule has 40 heavy (non-hydrogen) atoms. The van der Waals surface area contributed by atoms with E-state index >= 15 is 0 Å². The molecule has 4 aromatic carbocycles. The zero-order valence-corrected chi connectivity index (χ0v) is 22.4. The molecule has 0 amide bonds. The Labute approximate surface area is 232 Å². The highest BCUT2D eigenvalue weighted by Crippen LogP contribution is 2.33. The number of benzene rings is 4. The number of aromatic nitrogens is 4. The first kappa shape index (κ1) is 22.8. The van der Waals surface area contributed by atoms with E-state index in [2.05, 4.69) is 137 Å². The summed E-state index contributed by atoms with van der Waals surface area (Å²) in [7, 11) is 0. The van der Waals surface area contributed by atoms with Crippen LogP contribution < -0.4 is 20.2 Å². The Hall–Kier alpha value is -5.10. The van der Waals surface area contributed by atoms with Gasteiger partial charge in [-0.05, 0) is 43.3 Å². The Kier molecular flexibility index (Phi) is 4.83. The van der Waals surface area contributed by atoms with Crippen molar-refractivity contribution in [2.45, 2.75) is 13.8 Å². The van der Waals surface area contributed by atoms with Gasteiger partial charge in [0.05, 0.1) is 16.7 Å². The van der Waals surface area contributed by atoms with Crippen LogP contribution in [-0.2, 0) is 0 Å². The molecule has 4 heterocycles. The van der Waals surface area contributed by atoms with Gasteiger partial charge < -0.3 is 9.22 Å². The number of rotatable bonds is 3. The minimum absolute atomic E-state index is 0.775. The fourth-order valence-electron chi connectivity index (χ4n) is 6.76. The zero-order chi connectivity index (χ0) is 26.8. The number of nitrogens with zero attached hydrogens (tertiary/aromatic N) is 4. The quantitative estimate of drug-likeness (QED) is 0.295. The fraction of sp³-hybridized carbons (Fsp3) is 0.0588. The van der Waals surface area contributed by atoms with E-state index in [4.69, 9.17) is 9.64 Å². The lowest BCUT2D eigenvalue weighted by atomic mass is 9.41. The third kappa shape index (κ3) is 3.04. The van der Waals surface area contributed by atoms with Gasteiger partial charge in [0.2, 0.25) is 5.82 Å². The summed E-state index contributed by atoms with van der Waals surface area (Å²) in [6.07, 6.45) is 1.83. The summed E-state index contributed by atoms with van der Waals surface area (Å²) in [6, 6.07) is 42.9. The molecule has 1 atom stereocenters. The minimum atomic E-state index is -1.90. The van der Waals surface area contributed by atoms with Crippen LogP contribution in [0.15, 0.2) is 128 Å². The monoisotopic (exact) mass is 518 g/mol. The molecule has 192 valence electrons. The second-order valence-electron chi connectivity index (χ2n) is 10.6. The van der Waals surface area contributed by atoms with Crippen LogP contribution in [0.1, 0.15) is 11.4 Å². The molecular formula is C34H27BN4O. The molecule has 1 unspecified atom stereocenters. The Balaban J connectivity index is 1.49. The molecule has 5 nitrogen and oxygen atoms in total. The smallest absolute Gasteiger partial charge is 0.535 e. The first-order valence-electron chi connectivity index (χ1n) is 13.7. The van der Waals surface area contributed by atoms with Crippen molar-refractivity contribution >= 4 is 39.2 Å². The highest BCUT2D eigenvalue weighted by atomic mass is 16.5. The third-order valence-electron chi connectivity index (χ3n) is 8.34. The molecule has 1 aliphatic heterocycles. The highest BCUT2D eigenvalue weighted by molar-refractivity contribution is 6.91. The molecule has 0 saturated heterocycles. The predicted molar refractivity (Wildman–Crippen MR) is 162 cm³/mol. The fourth-order valence-corrected chi connectivity index (χ4v) is 6.76. The van der Waals surface area contributed by atoms with E-state index in [1.165, 1.54) is 21.8 Å². The van der Waals surface area contributed by atoms with Crippen LogP contribution in [0.5, 0.6) is 5.75 Å². The Morgan fingerprint density at radius 3 is 2.23 bits per heavy atom. The summed E-state index contributed by atoms with van der Waals surface area (Å²) in [4.78, 5) is 4.74. The van der Waals surface area contributed by atoms with E-state index in [0.717, 1.165) is 39.6 Å². The normalized spacial score (nSPS) is 16.1. The van der Waals surface area contributed by atoms with Crippen LogP contribution in [0.25, 0.3) is 33.3 Å². The summed E-state index contributed by atoms with van der Waals surface area (Å²) in [5, 5.41) is 2.41. The van der Waals surface area contributed by atoms with Crippen molar-refractivity contribution in [3.63, 3.8) is 0 Å². The van der Waals surface area contributed by atoms with Crippen LogP contribution in [0, 0.1) is 13.8 Å². The lowest BCUT2D eigenvalue weighted by molar-refractivity contribution is -0.643. The van der Waals surface area contributed by atoms with Crippen molar-refractivity contribution in [3.05, 3.63) is 139 Å². The van der Waals surface area contributed by atoms with E-state index in [0.29, 0.717) is 0 Å². The molecule has 0 spiro atoms. The summed E-state index contributed by atoms with van der Waals surface area (Å²) in [6.45, 7) is 2.38. The second-order valence-corrected chi connectivity index (χ2v) is 10.6. The standard InChI is InChI=1S/C34H27BN4O/c1-24-22-25(2)39-35(26-12-5-3-6-13-26,40-33-18-11-21-36-34(33)38(24)39)27-19-20-32-30(23-27)29-16-9-10-17-31(29)37(32)28-14-7-4-8-15-28/h3-23H,1-2H3. The molecule has 0 bridgehead atoms.